The highest BCUT2D eigenvalue weighted by Crippen LogP contribution is 2.38. The number of aliphatic hydroxyl groups excluding tert-OH is 1. The van der Waals surface area contributed by atoms with Crippen molar-refractivity contribution in [2.75, 3.05) is 13.2 Å². The van der Waals surface area contributed by atoms with Crippen molar-refractivity contribution in [1.29, 1.82) is 0 Å². The molecule has 2 aliphatic carbocycles. The number of rotatable bonds is 6. The Labute approximate surface area is 124 Å². The molecule has 3 atom stereocenters. The van der Waals surface area contributed by atoms with Gasteiger partial charge in [-0.15, -0.1) is 0 Å². The van der Waals surface area contributed by atoms with E-state index in [2.05, 4.69) is 17.1 Å². The average Bonchev–Trinajstić information content (AvgIpc) is 3.18. The molecule has 3 unspecified atom stereocenters. The van der Waals surface area contributed by atoms with E-state index in [1.165, 1.54) is 70.8 Å². The van der Waals surface area contributed by atoms with Gasteiger partial charge in [0.1, 0.15) is 0 Å². The van der Waals surface area contributed by atoms with E-state index in [1.54, 1.807) is 0 Å². The molecule has 3 nitrogen and oxygen atoms in total. The van der Waals surface area contributed by atoms with Crippen molar-refractivity contribution in [2.45, 2.75) is 94.8 Å². The Morgan fingerprint density at radius 3 is 2.75 bits per heavy atom. The van der Waals surface area contributed by atoms with Gasteiger partial charge in [0.05, 0.1) is 6.61 Å². The number of hydrogen-bond donors (Lipinski definition) is 2. The Morgan fingerprint density at radius 2 is 2.05 bits per heavy atom. The minimum Gasteiger partial charge on any atom is -0.394 e. The second-order valence-electron chi connectivity index (χ2n) is 7.43. The van der Waals surface area contributed by atoms with E-state index in [0.29, 0.717) is 18.7 Å². The fourth-order valence-electron chi connectivity index (χ4n) is 4.51. The van der Waals surface area contributed by atoms with Gasteiger partial charge in [0, 0.05) is 23.7 Å². The summed E-state index contributed by atoms with van der Waals surface area (Å²) in [5.41, 5.74) is 0.0417. The zero-order valence-corrected chi connectivity index (χ0v) is 13.1. The van der Waals surface area contributed by atoms with Crippen LogP contribution in [0, 0.1) is 0 Å². The molecule has 2 saturated carbocycles. The molecule has 0 amide bonds. The van der Waals surface area contributed by atoms with Gasteiger partial charge in [0.15, 0.2) is 0 Å². The van der Waals surface area contributed by atoms with Gasteiger partial charge in [0.25, 0.3) is 0 Å². The molecule has 0 aromatic carbocycles. The van der Waals surface area contributed by atoms with Crippen molar-refractivity contribution in [1.82, 2.24) is 10.2 Å². The SMILES string of the molecule is CCCC1CCCCN1C1CCC(CO)(NC2CC2)C1. The van der Waals surface area contributed by atoms with Gasteiger partial charge >= 0.3 is 0 Å². The molecule has 116 valence electrons. The lowest BCUT2D eigenvalue weighted by atomic mass is 9.94. The predicted molar refractivity (Wildman–Crippen MR) is 82.9 cm³/mol. The highest BCUT2D eigenvalue weighted by atomic mass is 16.3. The molecule has 2 N–H and O–H groups in total. The summed E-state index contributed by atoms with van der Waals surface area (Å²) in [6.45, 7) is 3.93. The second-order valence-corrected chi connectivity index (χ2v) is 7.43. The minimum absolute atomic E-state index is 0.0417. The van der Waals surface area contributed by atoms with Gasteiger partial charge in [-0.3, -0.25) is 4.90 Å². The molecule has 3 rings (SSSR count). The van der Waals surface area contributed by atoms with Crippen LogP contribution in [0.1, 0.15) is 71.1 Å². The monoisotopic (exact) mass is 280 g/mol. The zero-order valence-electron chi connectivity index (χ0n) is 13.1. The van der Waals surface area contributed by atoms with E-state index in [0.717, 1.165) is 6.04 Å². The maximum absolute atomic E-state index is 9.90. The highest BCUT2D eigenvalue weighted by Gasteiger charge is 2.44. The van der Waals surface area contributed by atoms with Crippen LogP contribution in [0.3, 0.4) is 0 Å². The van der Waals surface area contributed by atoms with Gasteiger partial charge in [-0.25, -0.2) is 0 Å². The Morgan fingerprint density at radius 1 is 1.20 bits per heavy atom. The summed E-state index contributed by atoms with van der Waals surface area (Å²) >= 11 is 0. The molecule has 0 spiro atoms. The zero-order chi connectivity index (χ0) is 14.0. The van der Waals surface area contributed by atoms with Crippen LogP contribution in [0.2, 0.25) is 0 Å². The van der Waals surface area contributed by atoms with Crippen LogP contribution in [-0.2, 0) is 0 Å². The molecule has 0 bridgehead atoms. The number of likely N-dealkylation sites (tertiary alicyclic amines) is 1. The Balaban J connectivity index is 1.61. The normalized spacial score (nSPS) is 39.3. The Hall–Kier alpha value is -0.120. The maximum Gasteiger partial charge on any atom is 0.0614 e. The van der Waals surface area contributed by atoms with E-state index >= 15 is 0 Å². The first-order valence-corrected chi connectivity index (χ1v) is 8.90. The van der Waals surface area contributed by atoms with Crippen LogP contribution in [-0.4, -0.2) is 46.8 Å². The number of nitrogens with one attached hydrogen (secondary N) is 1. The molecular formula is C17H32N2O. The predicted octanol–water partition coefficient (Wildman–Crippen LogP) is 2.68. The smallest absolute Gasteiger partial charge is 0.0614 e. The highest BCUT2D eigenvalue weighted by molar-refractivity contribution is 5.04. The van der Waals surface area contributed by atoms with Crippen LogP contribution in [0.15, 0.2) is 0 Å². The molecular weight excluding hydrogens is 248 g/mol. The average molecular weight is 280 g/mol. The second kappa shape index (κ2) is 6.33. The first-order valence-electron chi connectivity index (χ1n) is 8.90. The van der Waals surface area contributed by atoms with Gasteiger partial charge < -0.3 is 10.4 Å². The van der Waals surface area contributed by atoms with E-state index in [4.69, 9.17) is 0 Å². The summed E-state index contributed by atoms with van der Waals surface area (Å²) < 4.78 is 0. The van der Waals surface area contributed by atoms with Crippen molar-refractivity contribution in [2.24, 2.45) is 0 Å². The van der Waals surface area contributed by atoms with Gasteiger partial charge in [-0.1, -0.05) is 19.8 Å². The summed E-state index contributed by atoms with van der Waals surface area (Å²) in [7, 11) is 0. The topological polar surface area (TPSA) is 35.5 Å². The number of nitrogens with zero attached hydrogens (tertiary/aromatic N) is 1. The molecule has 20 heavy (non-hydrogen) atoms. The van der Waals surface area contributed by atoms with E-state index in [9.17, 15) is 5.11 Å². The number of aliphatic hydroxyl groups is 1. The molecule has 3 aliphatic rings. The van der Waals surface area contributed by atoms with Gasteiger partial charge in [-0.2, -0.15) is 0 Å². The number of hydrogen-bond acceptors (Lipinski definition) is 3. The van der Waals surface area contributed by atoms with E-state index < -0.39 is 0 Å². The summed E-state index contributed by atoms with van der Waals surface area (Å²) in [6.07, 6.45) is 13.1. The third-order valence-corrected chi connectivity index (χ3v) is 5.74. The standard InChI is InChI=1S/C17H32N2O/c1-2-5-15-6-3-4-11-19(15)16-9-10-17(12-16,13-20)18-14-7-8-14/h14-16,18,20H,2-13H2,1H3. The lowest BCUT2D eigenvalue weighted by molar-refractivity contribution is 0.0791. The quantitative estimate of drug-likeness (QED) is 0.785. The van der Waals surface area contributed by atoms with Crippen LogP contribution in [0.5, 0.6) is 0 Å². The van der Waals surface area contributed by atoms with Crippen LogP contribution in [0.4, 0.5) is 0 Å². The fourth-order valence-corrected chi connectivity index (χ4v) is 4.51. The molecule has 1 saturated heterocycles. The first-order chi connectivity index (χ1) is 9.76. The first kappa shape index (κ1) is 14.8. The summed E-state index contributed by atoms with van der Waals surface area (Å²) in [4.78, 5) is 2.80. The summed E-state index contributed by atoms with van der Waals surface area (Å²) in [5, 5.41) is 13.7. The van der Waals surface area contributed by atoms with Crippen molar-refractivity contribution in [3.8, 4) is 0 Å². The lowest BCUT2D eigenvalue weighted by Crippen LogP contribution is -2.51. The van der Waals surface area contributed by atoms with Crippen molar-refractivity contribution in [3.63, 3.8) is 0 Å². The van der Waals surface area contributed by atoms with E-state index in [1.807, 2.05) is 0 Å². The summed E-state index contributed by atoms with van der Waals surface area (Å²) in [6, 6.07) is 2.23. The fraction of sp³-hybridized carbons (Fsp3) is 1.00. The molecule has 1 heterocycles. The lowest BCUT2D eigenvalue weighted by Gasteiger charge is -2.41. The number of piperidine rings is 1. The molecule has 0 radical (unpaired) electrons. The molecule has 0 aromatic heterocycles. The molecule has 0 aromatic rings. The van der Waals surface area contributed by atoms with Crippen LogP contribution >= 0.6 is 0 Å². The maximum atomic E-state index is 9.90. The third-order valence-electron chi connectivity index (χ3n) is 5.74. The molecule has 3 fully saturated rings. The summed E-state index contributed by atoms with van der Waals surface area (Å²) in [5.74, 6) is 0. The molecule has 1 aliphatic heterocycles. The third kappa shape index (κ3) is 3.20. The minimum atomic E-state index is 0.0417. The van der Waals surface area contributed by atoms with Gasteiger partial charge in [-0.05, 0) is 57.9 Å². The largest absolute Gasteiger partial charge is 0.394 e. The Kier molecular flexibility index (Phi) is 4.68. The van der Waals surface area contributed by atoms with Crippen LogP contribution < -0.4 is 5.32 Å². The van der Waals surface area contributed by atoms with Crippen molar-refractivity contribution < 1.29 is 5.11 Å². The molecule has 3 heteroatoms. The Bertz CT molecular complexity index is 316. The van der Waals surface area contributed by atoms with Crippen molar-refractivity contribution >= 4 is 0 Å². The van der Waals surface area contributed by atoms with Crippen LogP contribution in [0.25, 0.3) is 0 Å². The van der Waals surface area contributed by atoms with Gasteiger partial charge in [0.2, 0.25) is 0 Å². The van der Waals surface area contributed by atoms with E-state index in [-0.39, 0.29) is 5.54 Å². The van der Waals surface area contributed by atoms with Crippen molar-refractivity contribution in [3.05, 3.63) is 0 Å².